The van der Waals surface area contributed by atoms with Gasteiger partial charge >= 0.3 is 19.8 Å². The number of carbonyl (C=O) groups excluding carboxylic acids is 2. The van der Waals surface area contributed by atoms with E-state index in [-0.39, 0.29) is 25.6 Å². The van der Waals surface area contributed by atoms with Crippen molar-refractivity contribution >= 4 is 19.8 Å². The van der Waals surface area contributed by atoms with Crippen molar-refractivity contribution in [3.63, 3.8) is 0 Å². The molecule has 0 rings (SSSR count). The van der Waals surface area contributed by atoms with E-state index >= 15 is 0 Å². The first-order valence-corrected chi connectivity index (χ1v) is 34.0. The van der Waals surface area contributed by atoms with Gasteiger partial charge in [0.1, 0.15) is 19.8 Å². The molecule has 0 saturated heterocycles. The van der Waals surface area contributed by atoms with Crippen LogP contribution in [0.15, 0.2) is 60.8 Å². The molecule has 0 aliphatic heterocycles. The fourth-order valence-corrected chi connectivity index (χ4v) is 10.1. The van der Waals surface area contributed by atoms with Gasteiger partial charge in [0.25, 0.3) is 0 Å². The van der Waals surface area contributed by atoms with Crippen molar-refractivity contribution in [3.05, 3.63) is 60.8 Å². The average molecular weight is 1100 g/mol. The smallest absolute Gasteiger partial charge is 0.462 e. The molecule has 2 unspecified atom stereocenters. The minimum atomic E-state index is -4.39. The summed E-state index contributed by atoms with van der Waals surface area (Å²) < 4.78 is 34.7. The van der Waals surface area contributed by atoms with E-state index in [1.807, 2.05) is 21.1 Å². The topological polar surface area (TPSA) is 108 Å². The van der Waals surface area contributed by atoms with Crippen molar-refractivity contribution in [2.75, 3.05) is 47.5 Å². The van der Waals surface area contributed by atoms with Gasteiger partial charge in [0, 0.05) is 12.8 Å². The number of quaternary nitrogens is 1. The summed E-state index contributed by atoms with van der Waals surface area (Å²) in [5.41, 5.74) is 0. The molecular formula is C67H125NO8P+. The first-order valence-electron chi connectivity index (χ1n) is 32.5. The van der Waals surface area contributed by atoms with E-state index in [9.17, 15) is 19.0 Å². The van der Waals surface area contributed by atoms with Crippen LogP contribution in [0.25, 0.3) is 0 Å². The number of phosphoric acid groups is 1. The number of nitrogens with zero attached hydrogens (tertiary/aromatic N) is 1. The Morgan fingerprint density at radius 2 is 0.740 bits per heavy atom. The van der Waals surface area contributed by atoms with Crippen molar-refractivity contribution in [2.45, 2.75) is 309 Å². The molecule has 0 heterocycles. The van der Waals surface area contributed by atoms with Crippen LogP contribution in [0.2, 0.25) is 0 Å². The SMILES string of the molecule is CC/C=C\C/C=C\C/C=C\C/C=C\C/C=C\CCCCCCCCCCCCCC(=O)OC(COC(=O)CCCCCCCCCCCCCCCCCCCCCCCCCCCC)COP(=O)(O)OCC[N+](C)(C)C. The lowest BCUT2D eigenvalue weighted by Gasteiger charge is -2.24. The summed E-state index contributed by atoms with van der Waals surface area (Å²) in [6.07, 6.45) is 75.9. The van der Waals surface area contributed by atoms with E-state index in [1.54, 1.807) is 0 Å². The molecule has 0 bridgehead atoms. The highest BCUT2D eigenvalue weighted by Crippen LogP contribution is 2.43. The van der Waals surface area contributed by atoms with Gasteiger partial charge in [-0.05, 0) is 57.8 Å². The summed E-state index contributed by atoms with van der Waals surface area (Å²) in [4.78, 5) is 35.8. The van der Waals surface area contributed by atoms with Gasteiger partial charge in [0.15, 0.2) is 6.10 Å². The zero-order chi connectivity index (χ0) is 56.3. The van der Waals surface area contributed by atoms with Gasteiger partial charge < -0.3 is 18.9 Å². The van der Waals surface area contributed by atoms with Crippen LogP contribution in [-0.4, -0.2) is 74.9 Å². The Labute approximate surface area is 476 Å². The second-order valence-electron chi connectivity index (χ2n) is 23.1. The molecule has 0 amide bonds. The van der Waals surface area contributed by atoms with Gasteiger partial charge in [-0.1, -0.05) is 293 Å². The maximum absolute atomic E-state index is 12.9. The van der Waals surface area contributed by atoms with Crippen molar-refractivity contribution in [2.24, 2.45) is 0 Å². The third-order valence-corrected chi connectivity index (χ3v) is 15.3. The monoisotopic (exact) mass is 1100 g/mol. The molecule has 0 fully saturated rings. The van der Waals surface area contributed by atoms with E-state index in [0.29, 0.717) is 23.9 Å². The Morgan fingerprint density at radius 1 is 0.416 bits per heavy atom. The number of hydrogen-bond donors (Lipinski definition) is 1. The van der Waals surface area contributed by atoms with Gasteiger partial charge in [-0.2, -0.15) is 0 Å². The number of phosphoric ester groups is 1. The predicted octanol–water partition coefficient (Wildman–Crippen LogP) is 20.7. The Balaban J connectivity index is 4.08. The van der Waals surface area contributed by atoms with E-state index < -0.39 is 26.5 Å². The molecule has 0 aromatic carbocycles. The molecule has 10 heteroatoms. The molecule has 0 aliphatic rings. The number of likely N-dealkylation sites (N-methyl/N-ethyl adjacent to an activating group) is 1. The number of allylic oxidation sites excluding steroid dienone is 10. The molecule has 0 radical (unpaired) electrons. The molecule has 9 nitrogen and oxygen atoms in total. The van der Waals surface area contributed by atoms with Crippen LogP contribution in [0, 0.1) is 0 Å². The highest BCUT2D eigenvalue weighted by atomic mass is 31.2. The highest BCUT2D eigenvalue weighted by Gasteiger charge is 2.27. The van der Waals surface area contributed by atoms with Crippen LogP contribution in [0.4, 0.5) is 0 Å². The maximum Gasteiger partial charge on any atom is 0.472 e. The predicted molar refractivity (Wildman–Crippen MR) is 330 cm³/mol. The van der Waals surface area contributed by atoms with Crippen LogP contribution in [0.3, 0.4) is 0 Å². The number of ether oxygens (including phenoxy) is 2. The van der Waals surface area contributed by atoms with E-state index in [1.165, 1.54) is 199 Å². The van der Waals surface area contributed by atoms with E-state index in [2.05, 4.69) is 74.6 Å². The summed E-state index contributed by atoms with van der Waals surface area (Å²) >= 11 is 0. The van der Waals surface area contributed by atoms with Gasteiger partial charge in [0.2, 0.25) is 0 Å². The quantitative estimate of drug-likeness (QED) is 0.0211. The van der Waals surface area contributed by atoms with Crippen LogP contribution >= 0.6 is 7.82 Å². The van der Waals surface area contributed by atoms with Gasteiger partial charge in [0.05, 0.1) is 27.7 Å². The minimum absolute atomic E-state index is 0.0311. The second kappa shape index (κ2) is 58.4. The third-order valence-electron chi connectivity index (χ3n) is 14.3. The Hall–Kier alpha value is -2.29. The number of unbranched alkanes of at least 4 members (excludes halogenated alkanes) is 36. The Morgan fingerprint density at radius 3 is 1.10 bits per heavy atom. The van der Waals surface area contributed by atoms with Crippen molar-refractivity contribution in [1.82, 2.24) is 0 Å². The minimum Gasteiger partial charge on any atom is -0.462 e. The van der Waals surface area contributed by atoms with E-state index in [0.717, 1.165) is 70.6 Å². The molecule has 0 aromatic rings. The second-order valence-corrected chi connectivity index (χ2v) is 24.6. The zero-order valence-corrected chi connectivity index (χ0v) is 52.1. The largest absolute Gasteiger partial charge is 0.472 e. The number of esters is 2. The normalized spacial score (nSPS) is 13.6. The van der Waals surface area contributed by atoms with Crippen molar-refractivity contribution < 1.29 is 42.1 Å². The summed E-state index contributed by atoms with van der Waals surface area (Å²) in [6, 6.07) is 0. The fourth-order valence-electron chi connectivity index (χ4n) is 9.34. The van der Waals surface area contributed by atoms with Crippen LogP contribution in [-0.2, 0) is 32.7 Å². The van der Waals surface area contributed by atoms with Crippen molar-refractivity contribution in [3.8, 4) is 0 Å². The van der Waals surface area contributed by atoms with Gasteiger partial charge in [-0.25, -0.2) is 4.57 Å². The summed E-state index contributed by atoms with van der Waals surface area (Å²) in [5, 5.41) is 0. The summed E-state index contributed by atoms with van der Waals surface area (Å²) in [6.45, 7) is 4.37. The summed E-state index contributed by atoms with van der Waals surface area (Å²) in [5.74, 6) is -0.788. The first kappa shape index (κ1) is 74.7. The highest BCUT2D eigenvalue weighted by molar-refractivity contribution is 7.47. The van der Waals surface area contributed by atoms with Crippen molar-refractivity contribution in [1.29, 1.82) is 0 Å². The average Bonchev–Trinajstić information content (AvgIpc) is 3.39. The van der Waals surface area contributed by atoms with Gasteiger partial charge in [-0.3, -0.25) is 18.6 Å². The first-order chi connectivity index (χ1) is 37.5. The van der Waals surface area contributed by atoms with Crippen LogP contribution in [0.1, 0.15) is 303 Å². The Kier molecular flexibility index (Phi) is 56.6. The number of carbonyl (C=O) groups is 2. The fraction of sp³-hybridized carbons (Fsp3) is 0.821. The maximum atomic E-state index is 12.9. The summed E-state index contributed by atoms with van der Waals surface area (Å²) in [7, 11) is 1.48. The van der Waals surface area contributed by atoms with E-state index in [4.69, 9.17) is 18.5 Å². The van der Waals surface area contributed by atoms with Gasteiger partial charge in [-0.15, -0.1) is 0 Å². The molecule has 450 valence electrons. The molecular weight excluding hydrogens is 978 g/mol. The molecule has 0 aliphatic carbocycles. The lowest BCUT2D eigenvalue weighted by atomic mass is 10.0. The standard InChI is InChI=1S/C67H124NO8P/c1-6-8-10-12-14-16-18-20-22-24-26-28-30-32-34-36-38-40-42-44-46-48-50-52-54-56-58-60-67(70)76-65(64-75-77(71,72)74-62-61-68(3,4)5)63-73-66(69)59-57-55-53-51-49-47-45-43-41-39-37-35-33-31-29-27-25-23-21-19-17-15-13-11-9-7-2/h8,10,14,16,20,22,26,28,32,34,65H,6-7,9,11-13,15,17-19,21,23-25,27,29-31,33,35-64H2,1-5H3/p+1/b10-8-,16-14-,22-20-,28-26-,34-32-. The molecule has 0 aromatic heterocycles. The lowest BCUT2D eigenvalue weighted by molar-refractivity contribution is -0.870. The number of hydrogen-bond acceptors (Lipinski definition) is 7. The Bertz CT molecular complexity index is 1480. The van der Waals surface area contributed by atoms with Crippen LogP contribution in [0.5, 0.6) is 0 Å². The van der Waals surface area contributed by atoms with Crippen LogP contribution < -0.4 is 0 Å². The molecule has 0 saturated carbocycles. The lowest BCUT2D eigenvalue weighted by Crippen LogP contribution is -2.37. The molecule has 2 atom stereocenters. The molecule has 1 N–H and O–H groups in total. The third kappa shape index (κ3) is 62.8. The number of rotatable bonds is 60. The molecule has 0 spiro atoms. The molecule has 77 heavy (non-hydrogen) atoms. The zero-order valence-electron chi connectivity index (χ0n) is 51.2.